The van der Waals surface area contributed by atoms with Crippen LogP contribution in [0.1, 0.15) is 25.0 Å². The van der Waals surface area contributed by atoms with E-state index in [0.29, 0.717) is 5.92 Å². The van der Waals surface area contributed by atoms with Crippen LogP contribution in [-0.4, -0.2) is 27.3 Å². The number of aliphatic hydroxyl groups excluding tert-OH is 1. The summed E-state index contributed by atoms with van der Waals surface area (Å²) >= 11 is 1.38. The predicted octanol–water partition coefficient (Wildman–Crippen LogP) is 0.789. The topological polar surface area (TPSA) is 58.0 Å². The van der Waals surface area contributed by atoms with Crippen LogP contribution >= 0.6 is 11.5 Å². The zero-order chi connectivity index (χ0) is 9.80. The van der Waals surface area contributed by atoms with Crippen LogP contribution in [0.3, 0.4) is 0 Å². The second-order valence-electron chi connectivity index (χ2n) is 3.86. The van der Waals surface area contributed by atoms with Crippen LogP contribution < -0.4 is 5.32 Å². The van der Waals surface area contributed by atoms with Gasteiger partial charge in [0.15, 0.2) is 0 Å². The van der Waals surface area contributed by atoms with Crippen molar-refractivity contribution in [1.29, 1.82) is 0 Å². The minimum absolute atomic E-state index is 0.0669. The highest BCUT2D eigenvalue weighted by atomic mass is 32.1. The second-order valence-corrected chi connectivity index (χ2v) is 4.47. The van der Waals surface area contributed by atoms with Crippen molar-refractivity contribution in [3.8, 4) is 0 Å². The summed E-state index contributed by atoms with van der Waals surface area (Å²) in [5.41, 5.74) is 1.01. The van der Waals surface area contributed by atoms with Crippen LogP contribution in [0, 0.1) is 5.92 Å². The van der Waals surface area contributed by atoms with E-state index in [4.69, 9.17) is 0 Å². The highest BCUT2D eigenvalue weighted by molar-refractivity contribution is 7.03. The summed E-state index contributed by atoms with van der Waals surface area (Å²) in [6.07, 6.45) is 2.99. The van der Waals surface area contributed by atoms with Gasteiger partial charge in [-0.2, -0.15) is 0 Å². The molecule has 1 aromatic heterocycles. The first kappa shape index (κ1) is 10.0. The maximum Gasteiger partial charge on any atom is 0.0893 e. The molecule has 0 bridgehead atoms. The number of nitrogens with zero attached hydrogens (tertiary/aromatic N) is 2. The molecule has 14 heavy (non-hydrogen) atoms. The van der Waals surface area contributed by atoms with Crippen molar-refractivity contribution in [2.75, 3.05) is 6.54 Å². The van der Waals surface area contributed by atoms with Crippen molar-refractivity contribution in [3.05, 3.63) is 11.1 Å². The summed E-state index contributed by atoms with van der Waals surface area (Å²) in [5.74, 6) is 0.636. The van der Waals surface area contributed by atoms with Crippen molar-refractivity contribution in [2.45, 2.75) is 31.9 Å². The molecule has 1 aliphatic rings. The molecule has 0 saturated heterocycles. The minimum atomic E-state index is -0.0669. The molecule has 4 nitrogen and oxygen atoms in total. The van der Waals surface area contributed by atoms with Gasteiger partial charge in [0, 0.05) is 11.9 Å². The van der Waals surface area contributed by atoms with E-state index >= 15 is 0 Å². The van der Waals surface area contributed by atoms with Crippen molar-refractivity contribution < 1.29 is 5.11 Å². The minimum Gasteiger partial charge on any atom is -0.393 e. The smallest absolute Gasteiger partial charge is 0.0893 e. The average molecular weight is 213 g/mol. The van der Waals surface area contributed by atoms with Crippen molar-refractivity contribution in [3.63, 3.8) is 0 Å². The molecule has 0 radical (unpaired) electrons. The zero-order valence-corrected chi connectivity index (χ0v) is 8.83. The first-order chi connectivity index (χ1) is 6.84. The lowest BCUT2D eigenvalue weighted by molar-refractivity contribution is 0.177. The van der Waals surface area contributed by atoms with Gasteiger partial charge in [-0.1, -0.05) is 4.49 Å². The second kappa shape index (κ2) is 4.82. The van der Waals surface area contributed by atoms with Crippen molar-refractivity contribution in [1.82, 2.24) is 14.9 Å². The van der Waals surface area contributed by atoms with E-state index in [2.05, 4.69) is 14.9 Å². The fourth-order valence-electron chi connectivity index (χ4n) is 1.90. The van der Waals surface area contributed by atoms with Crippen molar-refractivity contribution >= 4 is 11.5 Å². The number of hydrogen-bond donors (Lipinski definition) is 2. The number of nitrogens with one attached hydrogen (secondary N) is 1. The molecule has 2 atom stereocenters. The van der Waals surface area contributed by atoms with Crippen LogP contribution in [0.2, 0.25) is 0 Å². The molecule has 78 valence electrons. The molecule has 5 heteroatoms. The molecule has 1 heterocycles. The molecule has 1 fully saturated rings. The Labute approximate surface area is 87.5 Å². The van der Waals surface area contributed by atoms with Gasteiger partial charge in [0.25, 0.3) is 0 Å². The zero-order valence-electron chi connectivity index (χ0n) is 8.02. The third kappa shape index (κ3) is 2.73. The van der Waals surface area contributed by atoms with Crippen LogP contribution in [0.15, 0.2) is 5.38 Å². The summed E-state index contributed by atoms with van der Waals surface area (Å²) in [5, 5.41) is 18.6. The van der Waals surface area contributed by atoms with Gasteiger partial charge in [0.1, 0.15) is 0 Å². The fourth-order valence-corrected chi connectivity index (χ4v) is 2.35. The molecule has 1 aromatic rings. The van der Waals surface area contributed by atoms with E-state index in [-0.39, 0.29) is 6.10 Å². The number of aliphatic hydroxyl groups is 1. The van der Waals surface area contributed by atoms with Crippen LogP contribution in [0.5, 0.6) is 0 Å². The third-order valence-electron chi connectivity index (χ3n) is 2.66. The molecule has 1 saturated carbocycles. The molecule has 0 amide bonds. The van der Waals surface area contributed by atoms with Gasteiger partial charge in [0.2, 0.25) is 0 Å². The first-order valence-electron chi connectivity index (χ1n) is 4.99. The first-order valence-corrected chi connectivity index (χ1v) is 5.83. The molecule has 0 spiro atoms. The molecular formula is C9H15N3OS. The van der Waals surface area contributed by atoms with E-state index in [9.17, 15) is 5.11 Å². The summed E-state index contributed by atoms with van der Waals surface area (Å²) in [4.78, 5) is 0. The average Bonchev–Trinajstić information content (AvgIpc) is 2.77. The Morgan fingerprint density at radius 2 is 2.50 bits per heavy atom. The Morgan fingerprint density at radius 1 is 1.57 bits per heavy atom. The molecule has 1 aliphatic carbocycles. The molecule has 0 aromatic carbocycles. The quantitative estimate of drug-likeness (QED) is 0.776. The van der Waals surface area contributed by atoms with Crippen molar-refractivity contribution in [2.24, 2.45) is 5.92 Å². The van der Waals surface area contributed by atoms with Gasteiger partial charge < -0.3 is 10.4 Å². The van der Waals surface area contributed by atoms with E-state index in [1.54, 1.807) is 0 Å². The molecular weight excluding hydrogens is 198 g/mol. The SMILES string of the molecule is OC1CCC(CNCc2csnn2)C1. The van der Waals surface area contributed by atoms with Gasteiger partial charge in [-0.15, -0.1) is 5.10 Å². The molecule has 2 rings (SSSR count). The number of rotatable bonds is 4. The lowest BCUT2D eigenvalue weighted by atomic mass is 10.1. The summed E-state index contributed by atoms with van der Waals surface area (Å²) in [6.45, 7) is 1.78. The van der Waals surface area contributed by atoms with E-state index < -0.39 is 0 Å². The Morgan fingerprint density at radius 3 is 3.14 bits per heavy atom. The van der Waals surface area contributed by atoms with E-state index in [0.717, 1.165) is 38.0 Å². The lowest BCUT2D eigenvalue weighted by Crippen LogP contribution is -2.21. The van der Waals surface area contributed by atoms with Gasteiger partial charge >= 0.3 is 0 Å². The maximum absolute atomic E-state index is 9.33. The fraction of sp³-hybridized carbons (Fsp3) is 0.778. The maximum atomic E-state index is 9.33. The Bertz CT molecular complexity index is 265. The largest absolute Gasteiger partial charge is 0.393 e. The third-order valence-corrected chi connectivity index (χ3v) is 3.21. The van der Waals surface area contributed by atoms with Gasteiger partial charge in [0.05, 0.1) is 11.8 Å². The van der Waals surface area contributed by atoms with Crippen LogP contribution in [0.25, 0.3) is 0 Å². The summed E-state index contributed by atoms with van der Waals surface area (Å²) in [7, 11) is 0. The molecule has 0 aliphatic heterocycles. The standard InChI is InChI=1S/C9H15N3OS/c13-9-2-1-7(3-9)4-10-5-8-6-14-12-11-8/h6-7,9-10,13H,1-5H2. The van der Waals surface area contributed by atoms with Gasteiger partial charge in [-0.05, 0) is 43.3 Å². The summed E-state index contributed by atoms with van der Waals surface area (Å²) < 4.78 is 3.80. The van der Waals surface area contributed by atoms with Gasteiger partial charge in [-0.25, -0.2) is 0 Å². The number of hydrogen-bond acceptors (Lipinski definition) is 5. The normalized spacial score (nSPS) is 26.9. The molecule has 2 N–H and O–H groups in total. The Hall–Kier alpha value is -0.520. The predicted molar refractivity (Wildman–Crippen MR) is 55.0 cm³/mol. The monoisotopic (exact) mass is 213 g/mol. The highest BCUT2D eigenvalue weighted by Crippen LogP contribution is 2.24. The Kier molecular flexibility index (Phi) is 3.44. The van der Waals surface area contributed by atoms with Crippen LogP contribution in [-0.2, 0) is 6.54 Å². The van der Waals surface area contributed by atoms with E-state index in [1.807, 2.05) is 5.38 Å². The Balaban J connectivity index is 1.64. The number of aromatic nitrogens is 2. The lowest BCUT2D eigenvalue weighted by Gasteiger charge is -2.09. The van der Waals surface area contributed by atoms with E-state index in [1.165, 1.54) is 11.5 Å². The van der Waals surface area contributed by atoms with Gasteiger partial charge in [-0.3, -0.25) is 0 Å². The highest BCUT2D eigenvalue weighted by Gasteiger charge is 2.21. The molecule has 2 unspecified atom stereocenters. The van der Waals surface area contributed by atoms with Crippen LogP contribution in [0.4, 0.5) is 0 Å². The summed E-state index contributed by atoms with van der Waals surface area (Å²) in [6, 6.07) is 0.